The fourth-order valence-electron chi connectivity index (χ4n) is 1.89. The predicted molar refractivity (Wildman–Crippen MR) is 94.8 cm³/mol. The largest absolute Gasteiger partial charge is 0.463 e. The van der Waals surface area contributed by atoms with E-state index in [-0.39, 0.29) is 5.57 Å². The monoisotopic (exact) mass is 342 g/mol. The van der Waals surface area contributed by atoms with Crippen molar-refractivity contribution in [2.24, 2.45) is 0 Å². The van der Waals surface area contributed by atoms with Crippen LogP contribution in [-0.2, 0) is 23.8 Å². The minimum Gasteiger partial charge on any atom is -0.463 e. The minimum absolute atomic E-state index is 0.205. The average molecular weight is 342 g/mol. The Morgan fingerprint density at radius 3 is 1.88 bits per heavy atom. The van der Waals surface area contributed by atoms with Crippen molar-refractivity contribution >= 4 is 11.9 Å². The van der Waals surface area contributed by atoms with Gasteiger partial charge in [-0.2, -0.15) is 0 Å². The van der Waals surface area contributed by atoms with Gasteiger partial charge in [-0.05, 0) is 33.1 Å². The first-order valence-corrected chi connectivity index (χ1v) is 9.09. The maximum absolute atomic E-state index is 12.4. The average Bonchev–Trinajstić information content (AvgIpc) is 2.53. The van der Waals surface area contributed by atoms with Gasteiger partial charge in [-0.1, -0.05) is 40.0 Å². The first-order chi connectivity index (χ1) is 11.4. The zero-order chi connectivity index (χ0) is 18.4. The Morgan fingerprint density at radius 2 is 1.33 bits per heavy atom. The van der Waals surface area contributed by atoms with E-state index in [1.54, 1.807) is 13.8 Å². The molecule has 0 spiro atoms. The lowest BCUT2D eigenvalue weighted by molar-refractivity contribution is -0.144. The first-order valence-electron chi connectivity index (χ1n) is 9.09. The van der Waals surface area contributed by atoms with Gasteiger partial charge >= 0.3 is 11.9 Å². The summed E-state index contributed by atoms with van der Waals surface area (Å²) in [5, 5.41) is 0. The third-order valence-corrected chi connectivity index (χ3v) is 3.56. The van der Waals surface area contributed by atoms with E-state index >= 15 is 0 Å². The Bertz CT molecular complexity index is 399. The highest BCUT2D eigenvalue weighted by Gasteiger charge is 2.32. The van der Waals surface area contributed by atoms with Gasteiger partial charge in [-0.25, -0.2) is 9.59 Å². The van der Waals surface area contributed by atoms with E-state index in [0.717, 1.165) is 38.5 Å². The summed E-state index contributed by atoms with van der Waals surface area (Å²) >= 11 is 0. The second-order valence-electron chi connectivity index (χ2n) is 6.28. The lowest BCUT2D eigenvalue weighted by Crippen LogP contribution is -2.34. The molecule has 0 rings (SSSR count). The van der Waals surface area contributed by atoms with Crippen molar-refractivity contribution in [1.82, 2.24) is 0 Å². The van der Waals surface area contributed by atoms with E-state index in [4.69, 9.17) is 14.2 Å². The highest BCUT2D eigenvalue weighted by molar-refractivity contribution is 5.97. The molecule has 5 heteroatoms. The van der Waals surface area contributed by atoms with Gasteiger partial charge in [0.25, 0.3) is 0 Å². The number of hydrogen-bond donors (Lipinski definition) is 0. The van der Waals surface area contributed by atoms with E-state index in [1.165, 1.54) is 6.08 Å². The van der Waals surface area contributed by atoms with Crippen LogP contribution in [0.15, 0.2) is 11.6 Å². The van der Waals surface area contributed by atoms with Crippen LogP contribution < -0.4 is 0 Å². The molecule has 0 bridgehead atoms. The van der Waals surface area contributed by atoms with Gasteiger partial charge in [0.05, 0.1) is 24.4 Å². The van der Waals surface area contributed by atoms with Crippen LogP contribution in [0.1, 0.15) is 73.1 Å². The normalized spacial score (nSPS) is 12.1. The van der Waals surface area contributed by atoms with Crippen molar-refractivity contribution in [2.45, 2.75) is 78.7 Å². The van der Waals surface area contributed by atoms with Gasteiger partial charge in [-0.15, -0.1) is 0 Å². The number of rotatable bonds is 13. The van der Waals surface area contributed by atoms with E-state index in [0.29, 0.717) is 19.8 Å². The van der Waals surface area contributed by atoms with Gasteiger partial charge in [0, 0.05) is 12.7 Å². The number of carbonyl (C=O) groups excluding carboxylic acids is 2. The zero-order valence-corrected chi connectivity index (χ0v) is 16.0. The van der Waals surface area contributed by atoms with Crippen molar-refractivity contribution in [1.29, 1.82) is 0 Å². The summed E-state index contributed by atoms with van der Waals surface area (Å²) in [6.45, 7) is 10.9. The lowest BCUT2D eigenvalue weighted by Gasteiger charge is -2.27. The predicted octanol–water partition coefficient (Wildman–Crippen LogP) is 4.19. The summed E-state index contributed by atoms with van der Waals surface area (Å²) in [5.74, 6) is -1.05. The Kier molecular flexibility index (Phi) is 12.3. The Balaban J connectivity index is 5.04. The molecule has 140 valence electrons. The highest BCUT2D eigenvalue weighted by Crippen LogP contribution is 2.23. The second kappa shape index (κ2) is 13.0. The minimum atomic E-state index is -0.901. The molecule has 0 amide bonds. The van der Waals surface area contributed by atoms with E-state index in [2.05, 4.69) is 6.92 Å². The molecule has 0 aromatic heterocycles. The van der Waals surface area contributed by atoms with Crippen molar-refractivity contribution in [3.63, 3.8) is 0 Å². The standard InChI is InChI=1S/C19H34O5/c1-6-9-12-22-17(20)15-16(18(21)23-13-10-7-2)19(4,5)24-14-11-8-3/h15H,6-14H2,1-5H3/b16-15+. The molecule has 0 atom stereocenters. The molecule has 0 saturated carbocycles. The molecule has 0 aromatic carbocycles. The summed E-state index contributed by atoms with van der Waals surface area (Å²) in [5.41, 5.74) is -0.696. The van der Waals surface area contributed by atoms with Gasteiger partial charge in [0.2, 0.25) is 0 Å². The van der Waals surface area contributed by atoms with Crippen molar-refractivity contribution in [3.05, 3.63) is 11.6 Å². The number of unbranched alkanes of at least 4 members (excludes halogenated alkanes) is 3. The second-order valence-corrected chi connectivity index (χ2v) is 6.28. The third-order valence-electron chi connectivity index (χ3n) is 3.56. The molecular formula is C19H34O5. The quantitative estimate of drug-likeness (QED) is 0.285. The Labute approximate surface area is 146 Å². The third kappa shape index (κ3) is 9.71. The molecule has 0 heterocycles. The van der Waals surface area contributed by atoms with E-state index in [9.17, 15) is 9.59 Å². The summed E-state index contributed by atoms with van der Waals surface area (Å²) in [6.07, 6.45) is 6.56. The summed E-state index contributed by atoms with van der Waals surface area (Å²) in [4.78, 5) is 24.4. The van der Waals surface area contributed by atoms with E-state index < -0.39 is 17.5 Å². The number of esters is 2. The summed E-state index contributed by atoms with van der Waals surface area (Å²) < 4.78 is 16.2. The van der Waals surface area contributed by atoms with Crippen LogP contribution in [-0.4, -0.2) is 37.4 Å². The molecule has 24 heavy (non-hydrogen) atoms. The van der Waals surface area contributed by atoms with Crippen LogP contribution in [0.25, 0.3) is 0 Å². The van der Waals surface area contributed by atoms with Crippen molar-refractivity contribution < 1.29 is 23.8 Å². The summed E-state index contributed by atoms with van der Waals surface area (Å²) in [6, 6.07) is 0. The topological polar surface area (TPSA) is 61.8 Å². The van der Waals surface area contributed by atoms with Crippen LogP contribution in [0.2, 0.25) is 0 Å². The van der Waals surface area contributed by atoms with Crippen LogP contribution in [0.5, 0.6) is 0 Å². The van der Waals surface area contributed by atoms with Crippen LogP contribution in [0.3, 0.4) is 0 Å². The highest BCUT2D eigenvalue weighted by atomic mass is 16.5. The van der Waals surface area contributed by atoms with Gasteiger partial charge in [0.15, 0.2) is 0 Å². The molecule has 0 saturated heterocycles. The molecule has 0 radical (unpaired) electrons. The number of carbonyl (C=O) groups is 2. The van der Waals surface area contributed by atoms with Crippen LogP contribution >= 0.6 is 0 Å². The van der Waals surface area contributed by atoms with Crippen LogP contribution in [0, 0.1) is 0 Å². The van der Waals surface area contributed by atoms with Gasteiger partial charge in [-0.3, -0.25) is 0 Å². The Morgan fingerprint density at radius 1 is 0.833 bits per heavy atom. The molecular weight excluding hydrogens is 308 g/mol. The fourth-order valence-corrected chi connectivity index (χ4v) is 1.89. The molecule has 0 aromatic rings. The molecule has 0 aliphatic heterocycles. The molecule has 0 N–H and O–H groups in total. The van der Waals surface area contributed by atoms with Crippen LogP contribution in [0.4, 0.5) is 0 Å². The maximum Gasteiger partial charge on any atom is 0.337 e. The van der Waals surface area contributed by atoms with E-state index in [1.807, 2.05) is 13.8 Å². The molecule has 0 aliphatic rings. The number of ether oxygens (including phenoxy) is 3. The fraction of sp³-hybridized carbons (Fsp3) is 0.789. The molecule has 0 aliphatic carbocycles. The molecule has 0 fully saturated rings. The number of hydrogen-bond acceptors (Lipinski definition) is 5. The smallest absolute Gasteiger partial charge is 0.337 e. The molecule has 5 nitrogen and oxygen atoms in total. The SMILES string of the molecule is CCCCOC(=O)/C=C(\C(=O)OCCCC)C(C)(C)OCCCC. The van der Waals surface area contributed by atoms with Crippen molar-refractivity contribution in [3.8, 4) is 0 Å². The van der Waals surface area contributed by atoms with Crippen molar-refractivity contribution in [2.75, 3.05) is 19.8 Å². The molecule has 0 unspecified atom stereocenters. The van der Waals surface area contributed by atoms with Gasteiger partial charge in [0.1, 0.15) is 0 Å². The Hall–Kier alpha value is -1.36. The summed E-state index contributed by atoms with van der Waals surface area (Å²) in [7, 11) is 0. The maximum atomic E-state index is 12.4. The zero-order valence-electron chi connectivity index (χ0n) is 16.0. The van der Waals surface area contributed by atoms with Gasteiger partial charge < -0.3 is 14.2 Å². The first kappa shape index (κ1) is 22.6. The lowest BCUT2D eigenvalue weighted by atomic mass is 9.97.